The highest BCUT2D eigenvalue weighted by Gasteiger charge is 2.07. The van der Waals surface area contributed by atoms with Crippen LogP contribution in [0.2, 0.25) is 0 Å². The molecular weight excluding hydrogens is 268 g/mol. The fraction of sp³-hybridized carbons (Fsp3) is 0.167. The van der Waals surface area contributed by atoms with Crippen molar-refractivity contribution < 1.29 is 9.36 Å². The van der Waals surface area contributed by atoms with E-state index in [-0.39, 0.29) is 5.78 Å². The molecule has 0 atom stereocenters. The first kappa shape index (κ1) is 11.1. The Hall–Kier alpha value is -1.42. The van der Waals surface area contributed by atoms with Gasteiger partial charge in [0.15, 0.2) is 5.78 Å². The molecule has 0 amide bonds. The van der Waals surface area contributed by atoms with E-state index in [0.29, 0.717) is 13.0 Å². The second kappa shape index (κ2) is 5.07. The average Bonchev–Trinajstić information content (AvgIpc) is 2.80. The number of aromatic amines is 1. The van der Waals surface area contributed by atoms with Crippen molar-refractivity contribution in [2.45, 2.75) is 13.0 Å². The van der Waals surface area contributed by atoms with Crippen molar-refractivity contribution in [2.24, 2.45) is 0 Å². The Labute approximate surface area is 102 Å². The lowest BCUT2D eigenvalue weighted by atomic mass is 10.1. The standard InChI is InChI=1S/C12H11BrN2O/c13-11-3-1-10(2-4-11)12(16)5-7-15-8-6-14-9-15/h1-4,6,8-9H,5,7H2/p+1. The van der Waals surface area contributed by atoms with Crippen molar-refractivity contribution in [1.82, 2.24) is 4.98 Å². The quantitative estimate of drug-likeness (QED) is 0.677. The zero-order valence-electron chi connectivity index (χ0n) is 8.69. The number of hydrogen-bond acceptors (Lipinski definition) is 1. The molecule has 0 bridgehead atoms. The molecule has 4 heteroatoms. The molecular formula is C12H12BrN2O+. The third-order valence-electron chi connectivity index (χ3n) is 2.37. The molecule has 0 fully saturated rings. The number of H-pyrrole nitrogens is 1. The summed E-state index contributed by atoms with van der Waals surface area (Å²) >= 11 is 3.35. The lowest BCUT2D eigenvalue weighted by Gasteiger charge is -1.99. The number of carbonyl (C=O) groups excluding carboxylic acids is 1. The van der Waals surface area contributed by atoms with Crippen LogP contribution in [0.5, 0.6) is 0 Å². The molecule has 2 aromatic rings. The van der Waals surface area contributed by atoms with Gasteiger partial charge < -0.3 is 0 Å². The van der Waals surface area contributed by atoms with Gasteiger partial charge in [0, 0.05) is 16.5 Å². The van der Waals surface area contributed by atoms with E-state index in [1.54, 1.807) is 0 Å². The second-order valence-electron chi connectivity index (χ2n) is 3.53. The van der Waals surface area contributed by atoms with Crippen LogP contribution in [-0.2, 0) is 6.54 Å². The lowest BCUT2D eigenvalue weighted by Crippen LogP contribution is -2.31. The molecule has 0 saturated carbocycles. The molecule has 0 spiro atoms. The molecule has 1 heterocycles. The van der Waals surface area contributed by atoms with E-state index in [9.17, 15) is 4.79 Å². The summed E-state index contributed by atoms with van der Waals surface area (Å²) in [6.07, 6.45) is 6.11. The molecule has 0 aliphatic carbocycles. The highest BCUT2D eigenvalue weighted by atomic mass is 79.9. The Morgan fingerprint density at radius 3 is 2.69 bits per heavy atom. The van der Waals surface area contributed by atoms with Gasteiger partial charge in [0.1, 0.15) is 12.4 Å². The van der Waals surface area contributed by atoms with Gasteiger partial charge in [-0.25, -0.2) is 4.57 Å². The molecule has 16 heavy (non-hydrogen) atoms. The maximum absolute atomic E-state index is 11.8. The summed E-state index contributed by atoms with van der Waals surface area (Å²) in [6.45, 7) is 0.707. The highest BCUT2D eigenvalue weighted by molar-refractivity contribution is 9.10. The molecule has 2 rings (SSSR count). The normalized spacial score (nSPS) is 10.3. The second-order valence-corrected chi connectivity index (χ2v) is 4.45. The molecule has 1 N–H and O–H groups in total. The summed E-state index contributed by atoms with van der Waals surface area (Å²) < 4.78 is 2.94. The molecule has 3 nitrogen and oxygen atoms in total. The van der Waals surface area contributed by atoms with Gasteiger partial charge in [0.2, 0.25) is 6.33 Å². The van der Waals surface area contributed by atoms with Crippen LogP contribution in [0.1, 0.15) is 16.8 Å². The van der Waals surface area contributed by atoms with Crippen LogP contribution in [0, 0.1) is 0 Å². The molecule has 82 valence electrons. The number of imidazole rings is 1. The Bertz CT molecular complexity index is 462. The van der Waals surface area contributed by atoms with E-state index in [1.807, 2.05) is 47.6 Å². The van der Waals surface area contributed by atoms with Gasteiger partial charge in [0.25, 0.3) is 0 Å². The number of aryl methyl sites for hydroxylation is 1. The number of ketones is 1. The van der Waals surface area contributed by atoms with Gasteiger partial charge in [-0.05, 0) is 12.1 Å². The number of aromatic nitrogens is 2. The maximum Gasteiger partial charge on any atom is 0.241 e. The monoisotopic (exact) mass is 279 g/mol. The van der Waals surface area contributed by atoms with Crippen LogP contribution in [0.15, 0.2) is 47.5 Å². The number of hydrogen-bond donors (Lipinski definition) is 1. The summed E-state index contributed by atoms with van der Waals surface area (Å²) in [5.74, 6) is 0.168. The fourth-order valence-corrected chi connectivity index (χ4v) is 1.73. The lowest BCUT2D eigenvalue weighted by molar-refractivity contribution is -0.694. The van der Waals surface area contributed by atoms with Crippen LogP contribution < -0.4 is 4.57 Å². The van der Waals surface area contributed by atoms with Crippen molar-refractivity contribution >= 4 is 21.7 Å². The van der Waals surface area contributed by atoms with E-state index >= 15 is 0 Å². The number of carbonyl (C=O) groups is 1. The van der Waals surface area contributed by atoms with Crippen LogP contribution >= 0.6 is 15.9 Å². The fourth-order valence-electron chi connectivity index (χ4n) is 1.47. The Kier molecular flexibility index (Phi) is 3.51. The van der Waals surface area contributed by atoms with Gasteiger partial charge in [-0.15, -0.1) is 0 Å². The first-order valence-electron chi connectivity index (χ1n) is 5.06. The van der Waals surface area contributed by atoms with Crippen molar-refractivity contribution in [3.05, 3.63) is 53.0 Å². The summed E-state index contributed by atoms with van der Waals surface area (Å²) in [7, 11) is 0. The minimum Gasteiger partial charge on any atom is -0.294 e. The highest BCUT2D eigenvalue weighted by Crippen LogP contribution is 2.11. The average molecular weight is 280 g/mol. The van der Waals surface area contributed by atoms with Gasteiger partial charge in [-0.2, -0.15) is 0 Å². The predicted octanol–water partition coefficient (Wildman–Crippen LogP) is 2.34. The maximum atomic E-state index is 11.8. The van der Waals surface area contributed by atoms with Crippen LogP contribution in [0.3, 0.4) is 0 Å². The van der Waals surface area contributed by atoms with Crippen LogP contribution in [0.25, 0.3) is 0 Å². The van der Waals surface area contributed by atoms with Gasteiger partial charge >= 0.3 is 0 Å². The molecule has 0 saturated heterocycles. The van der Waals surface area contributed by atoms with Crippen molar-refractivity contribution in [1.29, 1.82) is 0 Å². The van der Waals surface area contributed by atoms with E-state index in [1.165, 1.54) is 0 Å². The van der Waals surface area contributed by atoms with Crippen molar-refractivity contribution in [3.8, 4) is 0 Å². The van der Waals surface area contributed by atoms with Crippen molar-refractivity contribution in [3.63, 3.8) is 0 Å². The topological polar surface area (TPSA) is 36.7 Å². The minimum absolute atomic E-state index is 0.168. The van der Waals surface area contributed by atoms with E-state index < -0.39 is 0 Å². The van der Waals surface area contributed by atoms with Gasteiger partial charge in [-0.1, -0.05) is 28.1 Å². The number of nitrogens with zero attached hydrogens (tertiary/aromatic N) is 1. The van der Waals surface area contributed by atoms with Gasteiger partial charge in [0.05, 0.1) is 6.54 Å². The SMILES string of the molecule is O=C(CC[n+]1cc[nH]c1)c1ccc(Br)cc1. The zero-order chi connectivity index (χ0) is 11.4. The summed E-state index contributed by atoms with van der Waals surface area (Å²) in [4.78, 5) is 14.8. The van der Waals surface area contributed by atoms with Gasteiger partial charge in [-0.3, -0.25) is 9.78 Å². The predicted molar refractivity (Wildman–Crippen MR) is 64.1 cm³/mol. The number of Topliss-reactive ketones (excluding diaryl/α,β-unsaturated/α-hetero) is 1. The van der Waals surface area contributed by atoms with Crippen molar-refractivity contribution in [2.75, 3.05) is 0 Å². The molecule has 0 radical (unpaired) electrons. The first-order chi connectivity index (χ1) is 7.75. The molecule has 0 unspecified atom stereocenters. The number of benzene rings is 1. The largest absolute Gasteiger partial charge is 0.294 e. The number of nitrogens with one attached hydrogen (secondary N) is 1. The first-order valence-corrected chi connectivity index (χ1v) is 5.85. The Morgan fingerprint density at radius 2 is 2.06 bits per heavy atom. The minimum atomic E-state index is 0.168. The van der Waals surface area contributed by atoms with E-state index in [0.717, 1.165) is 10.0 Å². The Morgan fingerprint density at radius 1 is 1.31 bits per heavy atom. The summed E-state index contributed by atoms with van der Waals surface area (Å²) in [6, 6.07) is 7.45. The molecule has 0 aliphatic rings. The van der Waals surface area contributed by atoms with Crippen LogP contribution in [-0.4, -0.2) is 10.8 Å². The Balaban J connectivity index is 1.95. The third-order valence-corrected chi connectivity index (χ3v) is 2.89. The summed E-state index contributed by atoms with van der Waals surface area (Å²) in [5, 5.41) is 0. The molecule has 1 aromatic heterocycles. The van der Waals surface area contributed by atoms with Crippen LogP contribution in [0.4, 0.5) is 0 Å². The molecule has 1 aromatic carbocycles. The molecule has 0 aliphatic heterocycles. The number of rotatable bonds is 4. The third kappa shape index (κ3) is 2.79. The number of halogens is 1. The summed E-state index contributed by atoms with van der Waals surface area (Å²) in [5.41, 5.74) is 0.763. The smallest absolute Gasteiger partial charge is 0.241 e. The van der Waals surface area contributed by atoms with E-state index in [2.05, 4.69) is 20.9 Å². The van der Waals surface area contributed by atoms with E-state index in [4.69, 9.17) is 0 Å². The zero-order valence-corrected chi connectivity index (χ0v) is 10.3.